The maximum Gasteiger partial charge on any atom is 0.762 e. The summed E-state index contributed by atoms with van der Waals surface area (Å²) in [6, 6.07) is 21.4. The minimum absolute atomic E-state index is 1.31. The van der Waals surface area contributed by atoms with Crippen molar-refractivity contribution >= 4 is 29.1 Å². The van der Waals surface area contributed by atoms with Crippen LogP contribution in [0.3, 0.4) is 0 Å². The molecule has 0 amide bonds. The van der Waals surface area contributed by atoms with E-state index in [4.69, 9.17) is 0 Å². The Morgan fingerprint density at radius 3 is 1.00 bits per heavy atom. The van der Waals surface area contributed by atoms with Crippen LogP contribution < -0.4 is 0 Å². The number of rotatable bonds is 0. The van der Waals surface area contributed by atoms with Gasteiger partial charge < -0.3 is 0 Å². The number of halogens is 3. The molecule has 0 fully saturated rings. The van der Waals surface area contributed by atoms with E-state index in [1.807, 2.05) is 0 Å². The van der Waals surface area contributed by atoms with Crippen LogP contribution in [0.15, 0.2) is 60.7 Å². The fraction of sp³-hybridized carbons (Fsp3) is 0. The van der Waals surface area contributed by atoms with E-state index >= 15 is 0 Å². The van der Waals surface area contributed by atoms with Crippen molar-refractivity contribution < 1.29 is 12.9 Å². The van der Waals surface area contributed by atoms with Gasteiger partial charge in [0.25, 0.3) is 0 Å². The van der Waals surface area contributed by atoms with E-state index in [9.17, 15) is 12.9 Å². The number of hydrogen-bond donors (Lipinski definition) is 0. The van der Waals surface area contributed by atoms with E-state index in [2.05, 4.69) is 60.7 Å². The van der Waals surface area contributed by atoms with Crippen LogP contribution in [0.4, 0.5) is 12.9 Å². The molecule has 0 aliphatic heterocycles. The molecular weight excluding hydrogens is 236 g/mol. The molecule has 0 bridgehead atoms. The molecule has 0 aliphatic rings. The van der Waals surface area contributed by atoms with Crippen molar-refractivity contribution in [2.75, 3.05) is 0 Å². The summed E-state index contributed by atoms with van der Waals surface area (Å²) in [4.78, 5) is 0. The van der Waals surface area contributed by atoms with Gasteiger partial charge in [-0.1, -0.05) is 48.5 Å². The van der Waals surface area contributed by atoms with Crippen molar-refractivity contribution in [3.8, 4) is 0 Å². The largest absolute Gasteiger partial charge is 0.762 e. The van der Waals surface area contributed by atoms with Crippen molar-refractivity contribution in [1.82, 2.24) is 0 Å². The second kappa shape index (κ2) is 5.58. The van der Waals surface area contributed by atoms with E-state index < -0.39 is 7.54 Å². The summed E-state index contributed by atoms with van der Waals surface area (Å²) in [6.45, 7) is 0. The summed E-state index contributed by atoms with van der Waals surface area (Å²) in [6.07, 6.45) is 0. The maximum absolute atomic E-state index is 9.67. The Morgan fingerprint density at radius 1 is 0.556 bits per heavy atom. The molecule has 0 nitrogen and oxygen atoms in total. The lowest BCUT2D eigenvalue weighted by Gasteiger charge is -2.00. The highest BCUT2D eigenvalue weighted by atomic mass is 19.4. The van der Waals surface area contributed by atoms with Gasteiger partial charge in [0.1, 0.15) is 0 Å². The quantitative estimate of drug-likeness (QED) is 0.392. The van der Waals surface area contributed by atoms with E-state index in [0.29, 0.717) is 0 Å². The second-order valence-corrected chi connectivity index (χ2v) is 3.79. The second-order valence-electron chi connectivity index (χ2n) is 3.79. The van der Waals surface area contributed by atoms with Crippen LogP contribution in [0.2, 0.25) is 0 Å². The summed E-state index contributed by atoms with van der Waals surface area (Å²) in [5.41, 5.74) is 0. The summed E-state index contributed by atoms with van der Waals surface area (Å²) in [5, 5.41) is 5.25. The predicted molar refractivity (Wildman–Crippen MR) is 70.5 cm³/mol. The van der Waals surface area contributed by atoms with Crippen molar-refractivity contribution in [2.45, 2.75) is 0 Å². The average molecular weight is 246 g/mol. The molecule has 0 aliphatic carbocycles. The lowest BCUT2D eigenvalue weighted by atomic mass is 10.0. The Kier molecular flexibility index (Phi) is 3.87. The number of hydrogen-bond acceptors (Lipinski definition) is 0. The Morgan fingerprint density at radius 2 is 0.778 bits per heavy atom. The fourth-order valence-electron chi connectivity index (χ4n) is 1.88. The third-order valence-electron chi connectivity index (χ3n) is 2.61. The standard InChI is InChI=1S/C14H10.BF3/c1-2-6-12-10-14-8-4-3-7-13(14)9-11(12)5-1;2-1(3)4/h1-10H;. The topological polar surface area (TPSA) is 0 Å². The summed E-state index contributed by atoms with van der Waals surface area (Å²) < 4.78 is 29.0. The van der Waals surface area contributed by atoms with Crippen molar-refractivity contribution in [1.29, 1.82) is 0 Å². The van der Waals surface area contributed by atoms with Crippen LogP contribution in [0.1, 0.15) is 0 Å². The van der Waals surface area contributed by atoms with Gasteiger partial charge in [-0.3, -0.25) is 12.9 Å². The Hall–Kier alpha value is -1.97. The van der Waals surface area contributed by atoms with Crippen LogP contribution >= 0.6 is 0 Å². The molecule has 4 heteroatoms. The lowest BCUT2D eigenvalue weighted by molar-refractivity contribution is 0.535. The van der Waals surface area contributed by atoms with E-state index in [-0.39, 0.29) is 0 Å². The van der Waals surface area contributed by atoms with Gasteiger partial charge in [-0.2, -0.15) is 0 Å². The molecule has 0 radical (unpaired) electrons. The monoisotopic (exact) mass is 246 g/mol. The molecule has 0 atom stereocenters. The molecule has 3 aromatic rings. The normalized spacial score (nSPS) is 9.94. The first-order chi connectivity index (χ1) is 8.66. The Balaban J connectivity index is 0.000000267. The van der Waals surface area contributed by atoms with Crippen LogP contribution in [0, 0.1) is 0 Å². The SMILES string of the molecule is FB(F)F.c1ccc2cc3ccccc3cc2c1. The van der Waals surface area contributed by atoms with Gasteiger partial charge in [0.15, 0.2) is 0 Å². The molecule has 0 N–H and O–H groups in total. The molecule has 0 aromatic heterocycles. The minimum Gasteiger partial charge on any atom is -0.254 e. The Bertz CT molecular complexity index is 545. The van der Waals surface area contributed by atoms with Crippen LogP contribution in [-0.4, -0.2) is 7.54 Å². The van der Waals surface area contributed by atoms with Crippen molar-refractivity contribution in [3.05, 3.63) is 60.7 Å². The van der Waals surface area contributed by atoms with E-state index in [1.54, 1.807) is 0 Å². The zero-order valence-corrected chi connectivity index (χ0v) is 9.48. The molecule has 18 heavy (non-hydrogen) atoms. The smallest absolute Gasteiger partial charge is 0.254 e. The highest BCUT2D eigenvalue weighted by molar-refractivity contribution is 6.33. The number of benzene rings is 3. The molecular formula is C14H10BF3. The highest BCUT2D eigenvalue weighted by Crippen LogP contribution is 2.21. The van der Waals surface area contributed by atoms with Gasteiger partial charge in [-0.05, 0) is 33.7 Å². The summed E-state index contributed by atoms with van der Waals surface area (Å²) in [7, 11) is -3.67. The Labute approximate surface area is 103 Å². The highest BCUT2D eigenvalue weighted by Gasteiger charge is 2.06. The first-order valence-electron chi connectivity index (χ1n) is 5.46. The van der Waals surface area contributed by atoms with Crippen molar-refractivity contribution in [3.63, 3.8) is 0 Å². The molecule has 0 unspecified atom stereocenters. The van der Waals surface area contributed by atoms with E-state index in [1.165, 1.54) is 21.5 Å². The first-order valence-corrected chi connectivity index (χ1v) is 5.46. The zero-order valence-electron chi connectivity index (χ0n) is 9.48. The van der Waals surface area contributed by atoms with E-state index in [0.717, 1.165) is 0 Å². The number of fused-ring (bicyclic) bond motifs is 2. The third kappa shape index (κ3) is 3.03. The lowest BCUT2D eigenvalue weighted by Crippen LogP contribution is -1.76. The minimum atomic E-state index is -3.67. The maximum atomic E-state index is 9.67. The molecule has 90 valence electrons. The van der Waals surface area contributed by atoms with Gasteiger partial charge >= 0.3 is 7.54 Å². The van der Waals surface area contributed by atoms with Crippen molar-refractivity contribution in [2.24, 2.45) is 0 Å². The first kappa shape index (κ1) is 12.5. The predicted octanol–water partition coefficient (Wildman–Crippen LogP) is 4.87. The third-order valence-corrected chi connectivity index (χ3v) is 2.61. The van der Waals surface area contributed by atoms with Gasteiger partial charge in [0, 0.05) is 0 Å². The van der Waals surface area contributed by atoms with Gasteiger partial charge in [-0.15, -0.1) is 0 Å². The molecule has 3 aromatic carbocycles. The molecule has 0 saturated carbocycles. The van der Waals surface area contributed by atoms with Crippen LogP contribution in [0.5, 0.6) is 0 Å². The average Bonchev–Trinajstić information content (AvgIpc) is 2.35. The molecule has 0 spiro atoms. The molecule has 3 rings (SSSR count). The zero-order chi connectivity index (χ0) is 13.0. The van der Waals surface area contributed by atoms with Gasteiger partial charge in [0.05, 0.1) is 0 Å². The fourth-order valence-corrected chi connectivity index (χ4v) is 1.88. The summed E-state index contributed by atoms with van der Waals surface area (Å²) in [5.74, 6) is 0. The molecule has 0 saturated heterocycles. The van der Waals surface area contributed by atoms with Crippen LogP contribution in [-0.2, 0) is 0 Å². The van der Waals surface area contributed by atoms with Gasteiger partial charge in [0.2, 0.25) is 0 Å². The summed E-state index contributed by atoms with van der Waals surface area (Å²) >= 11 is 0. The molecule has 0 heterocycles. The van der Waals surface area contributed by atoms with Crippen LogP contribution in [0.25, 0.3) is 21.5 Å². The van der Waals surface area contributed by atoms with Gasteiger partial charge in [-0.25, -0.2) is 0 Å².